The number of fused-ring (bicyclic) bond motifs is 1. The van der Waals surface area contributed by atoms with Gasteiger partial charge in [-0.1, -0.05) is 6.07 Å². The SMILES string of the molecule is CCn1nc(C)cc1NC(=O)Cn1cnc2c(Nc3cccc(C(F)(F)F)c3)nc(N)nc21. The number of rotatable bonds is 6. The summed E-state index contributed by atoms with van der Waals surface area (Å²) in [6.45, 7) is 4.20. The minimum atomic E-state index is -4.49. The minimum absolute atomic E-state index is 0.121. The van der Waals surface area contributed by atoms with Gasteiger partial charge in [0.1, 0.15) is 12.4 Å². The van der Waals surface area contributed by atoms with Crippen molar-refractivity contribution >= 4 is 40.3 Å². The summed E-state index contributed by atoms with van der Waals surface area (Å²) >= 11 is 0. The zero-order chi connectivity index (χ0) is 23.8. The number of aryl methyl sites for hydroxylation is 2. The van der Waals surface area contributed by atoms with Crippen molar-refractivity contribution in [3.63, 3.8) is 0 Å². The highest BCUT2D eigenvalue weighted by Crippen LogP contribution is 2.32. The van der Waals surface area contributed by atoms with Crippen LogP contribution in [0.15, 0.2) is 36.7 Å². The van der Waals surface area contributed by atoms with Gasteiger partial charge in [-0.05, 0) is 32.0 Å². The number of benzene rings is 1. The second-order valence-electron chi connectivity index (χ2n) is 7.21. The van der Waals surface area contributed by atoms with Gasteiger partial charge in [-0.15, -0.1) is 0 Å². The first-order valence-corrected chi connectivity index (χ1v) is 9.91. The first kappa shape index (κ1) is 22.0. The van der Waals surface area contributed by atoms with E-state index in [0.717, 1.165) is 17.8 Å². The number of carbonyl (C=O) groups excluding carboxylic acids is 1. The van der Waals surface area contributed by atoms with Gasteiger partial charge in [0, 0.05) is 18.3 Å². The van der Waals surface area contributed by atoms with E-state index in [1.165, 1.54) is 23.0 Å². The van der Waals surface area contributed by atoms with E-state index in [-0.39, 0.29) is 41.1 Å². The van der Waals surface area contributed by atoms with Crippen LogP contribution in [-0.2, 0) is 24.1 Å². The lowest BCUT2D eigenvalue weighted by atomic mass is 10.2. The molecule has 0 aliphatic rings. The van der Waals surface area contributed by atoms with Gasteiger partial charge >= 0.3 is 6.18 Å². The summed E-state index contributed by atoms with van der Waals surface area (Å²) in [5.41, 5.74) is 6.43. The molecule has 4 N–H and O–H groups in total. The molecule has 0 unspecified atom stereocenters. The smallest absolute Gasteiger partial charge is 0.368 e. The monoisotopic (exact) mass is 459 g/mol. The standard InChI is InChI=1S/C20H20F3N9O/c1-3-32-14(7-11(2)30-32)27-15(33)9-31-10-25-16-17(28-19(24)29-18(16)31)26-13-6-4-5-12(8-13)20(21,22)23/h4-8,10H,3,9H2,1-2H3,(H,27,33)(H3,24,26,28,29). The number of nitrogens with two attached hydrogens (primary N) is 1. The van der Waals surface area contributed by atoms with Gasteiger partial charge in [-0.3, -0.25) is 4.79 Å². The van der Waals surface area contributed by atoms with Gasteiger partial charge < -0.3 is 20.9 Å². The van der Waals surface area contributed by atoms with Gasteiger partial charge in [0.2, 0.25) is 11.9 Å². The topological polar surface area (TPSA) is 129 Å². The third kappa shape index (κ3) is 4.71. The number of imidazole rings is 1. The van der Waals surface area contributed by atoms with Crippen molar-refractivity contribution in [2.75, 3.05) is 16.4 Å². The fourth-order valence-corrected chi connectivity index (χ4v) is 3.30. The molecule has 172 valence electrons. The van der Waals surface area contributed by atoms with Gasteiger partial charge in [0.15, 0.2) is 17.0 Å². The Balaban J connectivity index is 1.59. The van der Waals surface area contributed by atoms with Crippen molar-refractivity contribution in [1.82, 2.24) is 29.3 Å². The highest BCUT2D eigenvalue weighted by atomic mass is 19.4. The van der Waals surface area contributed by atoms with Crippen LogP contribution in [0.5, 0.6) is 0 Å². The van der Waals surface area contributed by atoms with E-state index in [1.807, 2.05) is 13.8 Å². The third-order valence-electron chi connectivity index (χ3n) is 4.72. The predicted molar refractivity (Wildman–Crippen MR) is 116 cm³/mol. The molecule has 13 heteroatoms. The molecule has 0 bridgehead atoms. The molecule has 0 spiro atoms. The van der Waals surface area contributed by atoms with Crippen LogP contribution in [0.2, 0.25) is 0 Å². The number of amides is 1. The van der Waals surface area contributed by atoms with E-state index < -0.39 is 11.7 Å². The van der Waals surface area contributed by atoms with Crippen LogP contribution in [0.4, 0.5) is 36.4 Å². The van der Waals surface area contributed by atoms with Crippen molar-refractivity contribution < 1.29 is 18.0 Å². The fraction of sp³-hybridized carbons (Fsp3) is 0.250. The van der Waals surface area contributed by atoms with Gasteiger partial charge in [-0.2, -0.15) is 28.2 Å². The lowest BCUT2D eigenvalue weighted by Gasteiger charge is -2.11. The molecule has 0 saturated carbocycles. The fourth-order valence-electron chi connectivity index (χ4n) is 3.30. The van der Waals surface area contributed by atoms with Crippen molar-refractivity contribution in [2.24, 2.45) is 0 Å². The third-order valence-corrected chi connectivity index (χ3v) is 4.72. The molecule has 3 heterocycles. The van der Waals surface area contributed by atoms with E-state index in [1.54, 1.807) is 10.7 Å². The van der Waals surface area contributed by atoms with Crippen LogP contribution in [0, 0.1) is 6.92 Å². The Morgan fingerprint density at radius 2 is 2.00 bits per heavy atom. The summed E-state index contributed by atoms with van der Waals surface area (Å²) in [4.78, 5) is 25.0. The number of hydrogen-bond acceptors (Lipinski definition) is 7. The number of hydrogen-bond donors (Lipinski definition) is 3. The van der Waals surface area contributed by atoms with Crippen LogP contribution in [-0.4, -0.2) is 35.2 Å². The number of carbonyl (C=O) groups is 1. The molecule has 0 fully saturated rings. The lowest BCUT2D eigenvalue weighted by molar-refractivity contribution is -0.137. The molecule has 0 radical (unpaired) electrons. The van der Waals surface area contributed by atoms with Crippen LogP contribution in [0.25, 0.3) is 11.2 Å². The normalized spacial score (nSPS) is 11.7. The maximum Gasteiger partial charge on any atom is 0.416 e. The largest absolute Gasteiger partial charge is 0.416 e. The van der Waals surface area contributed by atoms with E-state index in [4.69, 9.17) is 5.73 Å². The molecule has 0 atom stereocenters. The maximum atomic E-state index is 13.0. The molecule has 10 nitrogen and oxygen atoms in total. The summed E-state index contributed by atoms with van der Waals surface area (Å²) in [7, 11) is 0. The Labute approximate surface area is 185 Å². The van der Waals surface area contributed by atoms with Crippen molar-refractivity contribution in [1.29, 1.82) is 0 Å². The molecular formula is C20H20F3N9O. The molecule has 4 aromatic rings. The highest BCUT2D eigenvalue weighted by molar-refractivity contribution is 5.92. The summed E-state index contributed by atoms with van der Waals surface area (Å²) in [6, 6.07) is 6.41. The quantitative estimate of drug-likeness (QED) is 0.403. The van der Waals surface area contributed by atoms with E-state index >= 15 is 0 Å². The number of nitrogen functional groups attached to an aromatic ring is 1. The molecule has 3 aromatic heterocycles. The summed E-state index contributed by atoms with van der Waals surface area (Å²) < 4.78 is 42.2. The van der Waals surface area contributed by atoms with Crippen molar-refractivity contribution in [2.45, 2.75) is 33.1 Å². The van der Waals surface area contributed by atoms with Gasteiger partial charge in [-0.25, -0.2) is 9.67 Å². The van der Waals surface area contributed by atoms with Gasteiger partial charge in [0.25, 0.3) is 0 Å². The maximum absolute atomic E-state index is 13.0. The molecule has 0 saturated heterocycles. The molecule has 0 aliphatic carbocycles. The Kier molecular flexibility index (Phi) is 5.62. The van der Waals surface area contributed by atoms with E-state index in [9.17, 15) is 18.0 Å². The minimum Gasteiger partial charge on any atom is -0.368 e. The molecular weight excluding hydrogens is 439 g/mol. The van der Waals surface area contributed by atoms with Crippen LogP contribution in [0.1, 0.15) is 18.2 Å². The van der Waals surface area contributed by atoms with Gasteiger partial charge in [0.05, 0.1) is 17.6 Å². The average Bonchev–Trinajstić information content (AvgIpc) is 3.30. The molecule has 0 aliphatic heterocycles. The first-order valence-electron chi connectivity index (χ1n) is 9.91. The number of nitrogens with one attached hydrogen (secondary N) is 2. The van der Waals surface area contributed by atoms with E-state index in [0.29, 0.717) is 12.4 Å². The Bertz CT molecular complexity index is 1330. The average molecular weight is 459 g/mol. The Hall–Kier alpha value is -4.16. The molecule has 4 rings (SSSR count). The summed E-state index contributed by atoms with van der Waals surface area (Å²) in [5.74, 6) is 0.216. The molecule has 33 heavy (non-hydrogen) atoms. The molecule has 1 amide bonds. The Morgan fingerprint density at radius 3 is 2.73 bits per heavy atom. The van der Waals surface area contributed by atoms with Crippen LogP contribution >= 0.6 is 0 Å². The summed E-state index contributed by atoms with van der Waals surface area (Å²) in [5, 5.41) is 9.88. The van der Waals surface area contributed by atoms with Crippen molar-refractivity contribution in [3.05, 3.63) is 47.9 Å². The number of anilines is 4. The zero-order valence-corrected chi connectivity index (χ0v) is 17.7. The van der Waals surface area contributed by atoms with Crippen molar-refractivity contribution in [3.8, 4) is 0 Å². The van der Waals surface area contributed by atoms with E-state index in [2.05, 4.69) is 30.7 Å². The summed E-state index contributed by atoms with van der Waals surface area (Å²) in [6.07, 6.45) is -3.10. The number of nitrogens with zero attached hydrogens (tertiary/aromatic N) is 6. The Morgan fingerprint density at radius 1 is 1.21 bits per heavy atom. The second-order valence-corrected chi connectivity index (χ2v) is 7.21. The number of halogens is 3. The van der Waals surface area contributed by atoms with Crippen LogP contribution < -0.4 is 16.4 Å². The first-order chi connectivity index (χ1) is 15.6. The highest BCUT2D eigenvalue weighted by Gasteiger charge is 2.30. The predicted octanol–water partition coefficient (Wildman–Crippen LogP) is 3.33. The zero-order valence-electron chi connectivity index (χ0n) is 17.7. The molecule has 1 aromatic carbocycles. The van der Waals surface area contributed by atoms with Crippen LogP contribution in [0.3, 0.4) is 0 Å². The lowest BCUT2D eigenvalue weighted by Crippen LogP contribution is -2.20. The number of alkyl halides is 3. The second kappa shape index (κ2) is 8.41. The number of aromatic nitrogens is 6.